The van der Waals surface area contributed by atoms with Gasteiger partial charge < -0.3 is 5.73 Å². The number of anilines is 1. The predicted molar refractivity (Wildman–Crippen MR) is 77.4 cm³/mol. The van der Waals surface area contributed by atoms with Crippen molar-refractivity contribution in [3.8, 4) is 0 Å². The van der Waals surface area contributed by atoms with Crippen molar-refractivity contribution in [2.24, 2.45) is 0 Å². The molecule has 0 saturated heterocycles. The maximum Gasteiger partial charge on any atom is 0.128 e. The summed E-state index contributed by atoms with van der Waals surface area (Å²) in [5, 5.41) is 0.616. The first-order valence-corrected chi connectivity index (χ1v) is 7.42. The Hall–Kier alpha value is -1.10. The Balaban J connectivity index is 2.25. The van der Waals surface area contributed by atoms with E-state index in [1.54, 1.807) is 18.2 Å². The van der Waals surface area contributed by atoms with Crippen LogP contribution >= 0.6 is 23.2 Å². The topological polar surface area (TPSA) is 43.1 Å². The molecule has 6 heteroatoms. The number of nitrogen functional groups attached to an aromatic ring is 1. The molecule has 0 aromatic heterocycles. The summed E-state index contributed by atoms with van der Waals surface area (Å²) in [4.78, 5) is 0.435. The van der Waals surface area contributed by atoms with Crippen LogP contribution in [-0.4, -0.2) is 4.21 Å². The van der Waals surface area contributed by atoms with Crippen LogP contribution in [0.25, 0.3) is 0 Å². The Kier molecular flexibility index (Phi) is 4.45. The minimum absolute atomic E-state index is 0.0344. The van der Waals surface area contributed by atoms with E-state index in [1.807, 2.05) is 0 Å². The third kappa shape index (κ3) is 3.47. The van der Waals surface area contributed by atoms with E-state index < -0.39 is 16.6 Å². The van der Waals surface area contributed by atoms with Gasteiger partial charge in [-0.3, -0.25) is 4.21 Å². The minimum Gasteiger partial charge on any atom is -0.399 e. The Morgan fingerprint density at radius 1 is 1.16 bits per heavy atom. The molecule has 100 valence electrons. The van der Waals surface area contributed by atoms with E-state index >= 15 is 0 Å². The van der Waals surface area contributed by atoms with Crippen molar-refractivity contribution >= 4 is 39.7 Å². The molecule has 0 bridgehead atoms. The lowest BCUT2D eigenvalue weighted by Gasteiger charge is -2.07. The van der Waals surface area contributed by atoms with Crippen molar-refractivity contribution < 1.29 is 8.60 Å². The Morgan fingerprint density at radius 2 is 1.89 bits per heavy atom. The van der Waals surface area contributed by atoms with Crippen molar-refractivity contribution in [3.05, 3.63) is 57.8 Å². The van der Waals surface area contributed by atoms with E-state index in [1.165, 1.54) is 18.2 Å². The molecule has 0 saturated carbocycles. The summed E-state index contributed by atoms with van der Waals surface area (Å²) in [6.45, 7) is 0. The van der Waals surface area contributed by atoms with Gasteiger partial charge in [0, 0.05) is 16.3 Å². The van der Waals surface area contributed by atoms with Crippen molar-refractivity contribution in [1.82, 2.24) is 0 Å². The average Bonchev–Trinajstić information content (AvgIpc) is 2.32. The third-order valence-corrected chi connectivity index (χ3v) is 4.58. The first-order valence-electron chi connectivity index (χ1n) is 5.34. The summed E-state index contributed by atoms with van der Waals surface area (Å²) in [7, 11) is -1.44. The molecule has 1 atom stereocenters. The summed E-state index contributed by atoms with van der Waals surface area (Å²) >= 11 is 11.6. The maximum atomic E-state index is 13.6. The predicted octanol–water partition coefficient (Wildman–Crippen LogP) is 4.02. The molecular formula is C13H10Cl2FNOS. The fraction of sp³-hybridized carbons (Fsp3) is 0.0769. The molecule has 0 aliphatic heterocycles. The van der Waals surface area contributed by atoms with Crippen LogP contribution < -0.4 is 5.73 Å². The van der Waals surface area contributed by atoms with Crippen molar-refractivity contribution in [3.63, 3.8) is 0 Å². The lowest BCUT2D eigenvalue weighted by Crippen LogP contribution is -2.00. The summed E-state index contributed by atoms with van der Waals surface area (Å²) in [6.07, 6.45) is 0. The van der Waals surface area contributed by atoms with Crippen LogP contribution in [0.1, 0.15) is 5.56 Å². The van der Waals surface area contributed by atoms with Gasteiger partial charge in [0.2, 0.25) is 0 Å². The second-order valence-corrected chi connectivity index (χ2v) is 6.18. The number of nitrogens with two attached hydrogens (primary N) is 1. The standard InChI is InChI=1S/C13H10Cl2FNOS/c14-9-2-1-8(12(16)5-9)7-19(18)13-4-3-10(17)6-11(13)15/h1-6H,7,17H2. The smallest absolute Gasteiger partial charge is 0.128 e. The number of hydrogen-bond donors (Lipinski definition) is 1. The Morgan fingerprint density at radius 3 is 2.53 bits per heavy atom. The fourth-order valence-electron chi connectivity index (χ4n) is 1.56. The Labute approximate surface area is 122 Å². The maximum absolute atomic E-state index is 13.6. The first kappa shape index (κ1) is 14.3. The summed E-state index contributed by atoms with van der Waals surface area (Å²) in [6, 6.07) is 8.98. The molecule has 2 rings (SSSR count). The molecule has 2 N–H and O–H groups in total. The molecule has 1 unspecified atom stereocenters. The van der Waals surface area contributed by atoms with E-state index in [4.69, 9.17) is 28.9 Å². The largest absolute Gasteiger partial charge is 0.399 e. The van der Waals surface area contributed by atoms with Crippen LogP contribution in [0, 0.1) is 5.82 Å². The monoisotopic (exact) mass is 317 g/mol. The second-order valence-electron chi connectivity index (χ2n) is 3.92. The van der Waals surface area contributed by atoms with Gasteiger partial charge in [-0.2, -0.15) is 0 Å². The van der Waals surface area contributed by atoms with E-state index in [-0.39, 0.29) is 5.75 Å². The van der Waals surface area contributed by atoms with Gasteiger partial charge in [-0.1, -0.05) is 29.3 Å². The molecule has 0 radical (unpaired) electrons. The van der Waals surface area contributed by atoms with Gasteiger partial charge in [0.15, 0.2) is 0 Å². The molecule has 0 heterocycles. The van der Waals surface area contributed by atoms with E-state index in [9.17, 15) is 8.60 Å². The minimum atomic E-state index is -1.44. The summed E-state index contributed by atoms with van der Waals surface area (Å²) in [5.74, 6) is -0.445. The zero-order chi connectivity index (χ0) is 14.0. The van der Waals surface area contributed by atoms with Crippen molar-refractivity contribution in [2.75, 3.05) is 5.73 Å². The lowest BCUT2D eigenvalue weighted by molar-refractivity contribution is 0.615. The average molecular weight is 318 g/mol. The zero-order valence-electron chi connectivity index (χ0n) is 9.70. The molecule has 0 amide bonds. The van der Waals surface area contributed by atoms with Crippen molar-refractivity contribution in [1.29, 1.82) is 0 Å². The number of rotatable bonds is 3. The van der Waals surface area contributed by atoms with E-state index in [2.05, 4.69) is 0 Å². The number of hydrogen-bond acceptors (Lipinski definition) is 2. The SMILES string of the molecule is Nc1ccc(S(=O)Cc2ccc(Cl)cc2F)c(Cl)c1. The molecule has 0 aliphatic carbocycles. The van der Waals surface area contributed by atoms with Crippen LogP contribution in [0.15, 0.2) is 41.3 Å². The molecule has 2 nitrogen and oxygen atoms in total. The molecular weight excluding hydrogens is 308 g/mol. The third-order valence-electron chi connectivity index (χ3n) is 2.50. The fourth-order valence-corrected chi connectivity index (χ4v) is 3.33. The molecule has 0 fully saturated rings. The molecule has 19 heavy (non-hydrogen) atoms. The molecule has 0 spiro atoms. The van der Waals surface area contributed by atoms with Crippen LogP contribution in [0.2, 0.25) is 10.0 Å². The number of halogens is 3. The van der Waals surface area contributed by atoms with Crippen molar-refractivity contribution in [2.45, 2.75) is 10.6 Å². The normalized spacial score (nSPS) is 12.4. The van der Waals surface area contributed by atoms with E-state index in [0.717, 1.165) is 0 Å². The highest BCUT2D eigenvalue weighted by Crippen LogP contribution is 2.25. The van der Waals surface area contributed by atoms with E-state index in [0.29, 0.717) is 26.2 Å². The summed E-state index contributed by atoms with van der Waals surface area (Å²) in [5.41, 5.74) is 6.38. The van der Waals surface area contributed by atoms with Gasteiger partial charge in [-0.15, -0.1) is 0 Å². The van der Waals surface area contributed by atoms with Crippen LogP contribution in [0.4, 0.5) is 10.1 Å². The van der Waals surface area contributed by atoms with Gasteiger partial charge in [0.25, 0.3) is 0 Å². The highest BCUT2D eigenvalue weighted by atomic mass is 35.5. The molecule has 2 aromatic carbocycles. The Bertz CT molecular complexity index is 649. The zero-order valence-corrected chi connectivity index (χ0v) is 12.0. The molecule has 0 aliphatic rings. The van der Waals surface area contributed by atoms with Crippen LogP contribution in [-0.2, 0) is 16.6 Å². The lowest BCUT2D eigenvalue weighted by atomic mass is 10.2. The van der Waals surface area contributed by atoms with Gasteiger partial charge in [-0.25, -0.2) is 4.39 Å². The first-order chi connectivity index (χ1) is 8.97. The van der Waals surface area contributed by atoms with Crippen LogP contribution in [0.5, 0.6) is 0 Å². The highest BCUT2D eigenvalue weighted by Gasteiger charge is 2.12. The second kappa shape index (κ2) is 5.90. The van der Waals surface area contributed by atoms with Gasteiger partial charge in [0.1, 0.15) is 5.82 Å². The van der Waals surface area contributed by atoms with Gasteiger partial charge >= 0.3 is 0 Å². The number of benzene rings is 2. The van der Waals surface area contributed by atoms with Gasteiger partial charge in [0.05, 0.1) is 26.5 Å². The van der Waals surface area contributed by atoms with Gasteiger partial charge in [-0.05, 0) is 30.3 Å². The summed E-state index contributed by atoms with van der Waals surface area (Å²) < 4.78 is 25.8. The highest BCUT2D eigenvalue weighted by molar-refractivity contribution is 7.84. The quantitative estimate of drug-likeness (QED) is 0.869. The molecule has 2 aromatic rings. The van der Waals surface area contributed by atoms with Crippen LogP contribution in [0.3, 0.4) is 0 Å².